The first kappa shape index (κ1) is 24.3. The van der Waals surface area contributed by atoms with Crippen LogP contribution in [0.1, 0.15) is 60.9 Å². The van der Waals surface area contributed by atoms with E-state index in [9.17, 15) is 9.59 Å². The molecule has 1 heterocycles. The third kappa shape index (κ3) is 6.13. The first-order chi connectivity index (χ1) is 15.7. The van der Waals surface area contributed by atoms with E-state index in [2.05, 4.69) is 41.5 Å². The van der Waals surface area contributed by atoms with Gasteiger partial charge in [0.25, 0.3) is 0 Å². The van der Waals surface area contributed by atoms with Crippen LogP contribution in [0.25, 0.3) is 0 Å². The number of nitrogens with zero attached hydrogens (tertiary/aromatic N) is 3. The van der Waals surface area contributed by atoms with E-state index >= 15 is 0 Å². The molecule has 0 bridgehead atoms. The molecule has 3 rings (SSSR count). The SMILES string of the molecule is CC(=O)c1ccc(NC(=O)C(C)Sc2nnc(COc3cc(C)ccc3C(C)C)n2N)cc1. The van der Waals surface area contributed by atoms with Gasteiger partial charge in [0, 0.05) is 11.3 Å². The van der Waals surface area contributed by atoms with Crippen LogP contribution in [0.5, 0.6) is 5.75 Å². The number of amides is 1. The number of ketones is 1. The van der Waals surface area contributed by atoms with Crippen molar-refractivity contribution in [2.75, 3.05) is 11.2 Å². The van der Waals surface area contributed by atoms with Crippen molar-refractivity contribution in [3.63, 3.8) is 0 Å². The number of nitrogens with two attached hydrogens (primary N) is 1. The number of carbonyl (C=O) groups excluding carboxylic acids is 2. The zero-order valence-corrected chi connectivity index (χ0v) is 20.3. The van der Waals surface area contributed by atoms with Crippen LogP contribution >= 0.6 is 11.8 Å². The number of benzene rings is 2. The zero-order valence-electron chi connectivity index (χ0n) is 19.5. The molecule has 0 radical (unpaired) electrons. The van der Waals surface area contributed by atoms with Crippen LogP contribution in [0, 0.1) is 6.92 Å². The molecule has 2 aromatic carbocycles. The summed E-state index contributed by atoms with van der Waals surface area (Å²) < 4.78 is 7.35. The molecule has 1 amide bonds. The molecular formula is C24H29N5O3S. The summed E-state index contributed by atoms with van der Waals surface area (Å²) >= 11 is 1.20. The summed E-state index contributed by atoms with van der Waals surface area (Å²) in [6.45, 7) is 9.66. The molecule has 0 aliphatic rings. The van der Waals surface area contributed by atoms with Gasteiger partial charge in [-0.15, -0.1) is 10.2 Å². The van der Waals surface area contributed by atoms with Crippen molar-refractivity contribution in [2.24, 2.45) is 0 Å². The average molecular weight is 468 g/mol. The summed E-state index contributed by atoms with van der Waals surface area (Å²) in [6.07, 6.45) is 0. The molecule has 33 heavy (non-hydrogen) atoms. The number of anilines is 1. The molecule has 0 aliphatic heterocycles. The summed E-state index contributed by atoms with van der Waals surface area (Å²) in [5.74, 6) is 7.51. The summed E-state index contributed by atoms with van der Waals surface area (Å²) in [6, 6.07) is 12.9. The van der Waals surface area contributed by atoms with Gasteiger partial charge in [-0.25, -0.2) is 4.68 Å². The Hall–Kier alpha value is -3.33. The predicted molar refractivity (Wildman–Crippen MR) is 130 cm³/mol. The minimum absolute atomic E-state index is 0.0262. The molecule has 0 saturated heterocycles. The molecule has 1 aromatic heterocycles. The zero-order chi connectivity index (χ0) is 24.1. The fourth-order valence-electron chi connectivity index (χ4n) is 3.12. The second kappa shape index (κ2) is 10.5. The third-order valence-corrected chi connectivity index (χ3v) is 6.15. The van der Waals surface area contributed by atoms with Crippen LogP contribution in [0.15, 0.2) is 47.6 Å². The lowest BCUT2D eigenvalue weighted by atomic mass is 10.0. The Bertz CT molecular complexity index is 1140. The topological polar surface area (TPSA) is 112 Å². The van der Waals surface area contributed by atoms with Gasteiger partial charge in [0.1, 0.15) is 12.4 Å². The molecule has 9 heteroatoms. The summed E-state index contributed by atoms with van der Waals surface area (Å²) in [5, 5.41) is 11.0. The van der Waals surface area contributed by atoms with Crippen LogP contribution in [0.3, 0.4) is 0 Å². The Kier molecular flexibility index (Phi) is 7.75. The third-order valence-electron chi connectivity index (χ3n) is 5.09. The van der Waals surface area contributed by atoms with E-state index in [-0.39, 0.29) is 18.3 Å². The van der Waals surface area contributed by atoms with Gasteiger partial charge >= 0.3 is 0 Å². The van der Waals surface area contributed by atoms with E-state index in [1.807, 2.05) is 13.0 Å². The standard InChI is InChI=1S/C24H29N5O3S/c1-14(2)20-11-6-15(3)12-21(20)32-13-22-27-28-24(29(22)25)33-17(5)23(31)26-19-9-7-18(8-10-19)16(4)30/h6-12,14,17H,13,25H2,1-5H3,(H,26,31). The van der Waals surface area contributed by atoms with E-state index in [0.29, 0.717) is 28.1 Å². The lowest BCUT2D eigenvalue weighted by Gasteiger charge is -2.15. The van der Waals surface area contributed by atoms with Gasteiger partial charge in [-0.3, -0.25) is 9.59 Å². The van der Waals surface area contributed by atoms with Crippen LogP contribution in [0.2, 0.25) is 0 Å². The molecule has 0 aliphatic carbocycles. The molecule has 0 spiro atoms. The monoisotopic (exact) mass is 467 g/mol. The van der Waals surface area contributed by atoms with Crippen LogP contribution < -0.4 is 15.9 Å². The van der Waals surface area contributed by atoms with Crippen molar-refractivity contribution in [3.8, 4) is 5.75 Å². The number of nitrogens with one attached hydrogen (secondary N) is 1. The summed E-state index contributed by atoms with van der Waals surface area (Å²) in [5.41, 5.74) is 3.42. The van der Waals surface area contributed by atoms with Gasteiger partial charge in [0.05, 0.1) is 5.25 Å². The van der Waals surface area contributed by atoms with Crippen molar-refractivity contribution >= 4 is 29.1 Å². The minimum Gasteiger partial charge on any atom is -0.485 e. The first-order valence-electron chi connectivity index (χ1n) is 10.7. The average Bonchev–Trinajstić information content (AvgIpc) is 3.11. The molecular weight excluding hydrogens is 438 g/mol. The number of hydrogen-bond acceptors (Lipinski definition) is 7. The van der Waals surface area contributed by atoms with Gasteiger partial charge < -0.3 is 15.9 Å². The van der Waals surface area contributed by atoms with E-state index < -0.39 is 5.25 Å². The second-order valence-electron chi connectivity index (χ2n) is 8.14. The lowest BCUT2D eigenvalue weighted by Crippen LogP contribution is -2.24. The quantitative estimate of drug-likeness (QED) is 0.274. The van der Waals surface area contributed by atoms with Gasteiger partial charge in [0.15, 0.2) is 11.6 Å². The number of carbonyl (C=O) groups is 2. The highest BCUT2D eigenvalue weighted by molar-refractivity contribution is 8.00. The molecule has 3 N–H and O–H groups in total. The van der Waals surface area contributed by atoms with Crippen molar-refractivity contribution in [1.29, 1.82) is 0 Å². The number of aryl methyl sites for hydroxylation is 1. The fourth-order valence-corrected chi connectivity index (χ4v) is 3.90. The van der Waals surface area contributed by atoms with Gasteiger partial charge in [0.2, 0.25) is 11.1 Å². The van der Waals surface area contributed by atoms with Gasteiger partial charge in [-0.05, 0) is 68.1 Å². The number of ether oxygens (including phenoxy) is 1. The highest BCUT2D eigenvalue weighted by atomic mass is 32.2. The van der Waals surface area contributed by atoms with E-state index in [1.165, 1.54) is 23.4 Å². The molecule has 0 fully saturated rings. The molecule has 3 aromatic rings. The maximum Gasteiger partial charge on any atom is 0.237 e. The number of Topliss-reactive ketones (excluding diaryl/α,β-unsaturated/α-hetero) is 1. The van der Waals surface area contributed by atoms with E-state index in [1.54, 1.807) is 31.2 Å². The Labute approximate surface area is 197 Å². The van der Waals surface area contributed by atoms with Gasteiger partial charge in [-0.2, -0.15) is 0 Å². The first-order valence-corrected chi connectivity index (χ1v) is 11.5. The molecule has 0 saturated carbocycles. The van der Waals surface area contributed by atoms with Crippen molar-refractivity contribution in [1.82, 2.24) is 14.9 Å². The normalized spacial score (nSPS) is 11.9. The molecule has 1 atom stereocenters. The van der Waals surface area contributed by atoms with Crippen LogP contribution in [-0.4, -0.2) is 31.8 Å². The smallest absolute Gasteiger partial charge is 0.237 e. The molecule has 8 nitrogen and oxygen atoms in total. The molecule has 1 unspecified atom stereocenters. The Morgan fingerprint density at radius 2 is 1.82 bits per heavy atom. The maximum atomic E-state index is 12.6. The summed E-state index contributed by atoms with van der Waals surface area (Å²) in [4.78, 5) is 24.0. The number of rotatable bonds is 9. The van der Waals surface area contributed by atoms with Crippen LogP contribution in [0.4, 0.5) is 5.69 Å². The number of aromatic nitrogens is 3. The summed E-state index contributed by atoms with van der Waals surface area (Å²) in [7, 11) is 0. The molecule has 174 valence electrons. The lowest BCUT2D eigenvalue weighted by molar-refractivity contribution is -0.115. The van der Waals surface area contributed by atoms with Crippen molar-refractivity contribution < 1.29 is 14.3 Å². The number of thioether (sulfide) groups is 1. The van der Waals surface area contributed by atoms with Gasteiger partial charge in [-0.1, -0.05) is 37.7 Å². The van der Waals surface area contributed by atoms with Crippen molar-refractivity contribution in [2.45, 2.75) is 57.5 Å². The largest absolute Gasteiger partial charge is 0.485 e. The fraction of sp³-hybridized carbons (Fsp3) is 0.333. The Balaban J connectivity index is 1.62. The Morgan fingerprint density at radius 1 is 1.12 bits per heavy atom. The second-order valence-corrected chi connectivity index (χ2v) is 9.44. The number of nitrogen functional groups attached to an aromatic ring is 1. The maximum absolute atomic E-state index is 12.6. The number of hydrogen-bond donors (Lipinski definition) is 2. The highest BCUT2D eigenvalue weighted by Gasteiger charge is 2.20. The predicted octanol–water partition coefficient (Wildman–Crippen LogP) is 4.32. The highest BCUT2D eigenvalue weighted by Crippen LogP contribution is 2.28. The Morgan fingerprint density at radius 3 is 2.45 bits per heavy atom. The minimum atomic E-state index is -0.470. The van der Waals surface area contributed by atoms with E-state index in [4.69, 9.17) is 10.6 Å². The van der Waals surface area contributed by atoms with E-state index in [0.717, 1.165) is 16.9 Å². The van der Waals surface area contributed by atoms with Crippen molar-refractivity contribution in [3.05, 3.63) is 65.0 Å². The van der Waals surface area contributed by atoms with Crippen LogP contribution in [-0.2, 0) is 11.4 Å².